The third-order valence-electron chi connectivity index (χ3n) is 5.04. The second-order valence-corrected chi connectivity index (χ2v) is 7.66. The fourth-order valence-corrected chi connectivity index (χ4v) is 4.99. The number of rotatable bonds is 5. The highest BCUT2D eigenvalue weighted by Crippen LogP contribution is 2.41. The van der Waals surface area contributed by atoms with Crippen molar-refractivity contribution in [3.8, 4) is 0 Å². The van der Waals surface area contributed by atoms with Gasteiger partial charge in [-0.15, -0.1) is 11.8 Å². The van der Waals surface area contributed by atoms with Gasteiger partial charge in [0.1, 0.15) is 5.25 Å². The number of piperidine rings is 1. The van der Waals surface area contributed by atoms with Gasteiger partial charge in [-0.3, -0.25) is 4.79 Å². The van der Waals surface area contributed by atoms with E-state index in [2.05, 4.69) is 11.9 Å². The van der Waals surface area contributed by atoms with Crippen LogP contribution in [0.3, 0.4) is 0 Å². The molecule has 1 aromatic carbocycles. The molecule has 3 rings (SSSR count). The summed E-state index contributed by atoms with van der Waals surface area (Å²) in [6.45, 7) is 0. The summed E-state index contributed by atoms with van der Waals surface area (Å²) in [7, 11) is 2.23. The predicted octanol–water partition coefficient (Wildman–Crippen LogP) is 3.49. The molecule has 0 radical (unpaired) electrons. The van der Waals surface area contributed by atoms with Crippen molar-refractivity contribution in [2.24, 2.45) is 5.92 Å². The lowest BCUT2D eigenvalue weighted by Crippen LogP contribution is -2.40. The maximum Gasteiger partial charge on any atom is 0.316 e. The zero-order valence-corrected chi connectivity index (χ0v) is 13.3. The number of thioether (sulfide) groups is 1. The van der Waals surface area contributed by atoms with E-state index in [1.165, 1.54) is 37.4 Å². The largest absolute Gasteiger partial charge is 0.480 e. The van der Waals surface area contributed by atoms with Crippen LogP contribution in [0.4, 0.5) is 0 Å². The van der Waals surface area contributed by atoms with Gasteiger partial charge in [0.25, 0.3) is 0 Å². The van der Waals surface area contributed by atoms with Crippen molar-refractivity contribution in [2.75, 3.05) is 7.05 Å². The zero-order chi connectivity index (χ0) is 14.8. The summed E-state index contributed by atoms with van der Waals surface area (Å²) in [5.41, 5.74) is 0. The first-order valence-electron chi connectivity index (χ1n) is 7.80. The van der Waals surface area contributed by atoms with E-state index in [0.29, 0.717) is 18.0 Å². The summed E-state index contributed by atoms with van der Waals surface area (Å²) < 4.78 is 0. The van der Waals surface area contributed by atoms with Crippen molar-refractivity contribution < 1.29 is 9.90 Å². The molecule has 1 N–H and O–H groups in total. The summed E-state index contributed by atoms with van der Waals surface area (Å²) >= 11 is 1.50. The van der Waals surface area contributed by atoms with Gasteiger partial charge in [0.2, 0.25) is 0 Å². The van der Waals surface area contributed by atoms with Crippen LogP contribution in [0.2, 0.25) is 0 Å². The van der Waals surface area contributed by atoms with Crippen LogP contribution in [0.25, 0.3) is 0 Å². The molecule has 4 heteroatoms. The first kappa shape index (κ1) is 14.9. The molecule has 0 amide bonds. The molecular weight excluding hydrogens is 282 g/mol. The maximum atomic E-state index is 11.6. The molecule has 0 spiro atoms. The fraction of sp³-hybridized carbons (Fsp3) is 0.588. The second kappa shape index (κ2) is 6.41. The van der Waals surface area contributed by atoms with Crippen LogP contribution in [0, 0.1) is 5.92 Å². The normalized spacial score (nSPS) is 30.2. The molecule has 0 aromatic heterocycles. The number of benzene rings is 1. The molecule has 2 aliphatic rings. The third kappa shape index (κ3) is 3.43. The zero-order valence-electron chi connectivity index (χ0n) is 12.4. The first-order valence-corrected chi connectivity index (χ1v) is 8.68. The lowest BCUT2D eigenvalue weighted by atomic mass is 9.87. The Kier molecular flexibility index (Phi) is 4.55. The minimum absolute atomic E-state index is 0.319. The van der Waals surface area contributed by atoms with E-state index in [0.717, 1.165) is 11.3 Å². The van der Waals surface area contributed by atoms with Crippen LogP contribution < -0.4 is 0 Å². The monoisotopic (exact) mass is 305 g/mol. The molecule has 1 aromatic rings. The van der Waals surface area contributed by atoms with Gasteiger partial charge in [-0.05, 0) is 57.2 Å². The molecular formula is C17H23NO2S. The molecule has 21 heavy (non-hydrogen) atoms. The van der Waals surface area contributed by atoms with E-state index in [4.69, 9.17) is 0 Å². The molecule has 3 unspecified atom stereocenters. The first-order chi connectivity index (χ1) is 10.1. The molecule has 2 fully saturated rings. The van der Waals surface area contributed by atoms with Gasteiger partial charge in [0, 0.05) is 17.0 Å². The third-order valence-corrected chi connectivity index (χ3v) is 6.26. The van der Waals surface area contributed by atoms with Gasteiger partial charge < -0.3 is 10.0 Å². The average molecular weight is 305 g/mol. The van der Waals surface area contributed by atoms with E-state index in [1.54, 1.807) is 0 Å². The van der Waals surface area contributed by atoms with Gasteiger partial charge in [-0.1, -0.05) is 18.2 Å². The van der Waals surface area contributed by atoms with E-state index in [9.17, 15) is 9.90 Å². The lowest BCUT2D eigenvalue weighted by molar-refractivity contribution is -0.136. The van der Waals surface area contributed by atoms with E-state index < -0.39 is 5.97 Å². The van der Waals surface area contributed by atoms with Crippen LogP contribution in [0.5, 0.6) is 0 Å². The molecule has 3 nitrogen and oxygen atoms in total. The van der Waals surface area contributed by atoms with Gasteiger partial charge >= 0.3 is 5.97 Å². The second-order valence-electron chi connectivity index (χ2n) is 6.38. The quantitative estimate of drug-likeness (QED) is 0.845. The van der Waals surface area contributed by atoms with E-state index in [1.807, 2.05) is 30.3 Å². The van der Waals surface area contributed by atoms with Crippen molar-refractivity contribution in [3.05, 3.63) is 30.3 Å². The highest BCUT2D eigenvalue weighted by molar-refractivity contribution is 8.00. The lowest BCUT2D eigenvalue weighted by Gasteiger charge is -2.37. The van der Waals surface area contributed by atoms with Crippen molar-refractivity contribution in [1.82, 2.24) is 4.90 Å². The Morgan fingerprint density at radius 2 is 1.90 bits per heavy atom. The molecule has 2 saturated heterocycles. The maximum absolute atomic E-state index is 11.6. The summed E-state index contributed by atoms with van der Waals surface area (Å²) in [5.74, 6) is -0.105. The predicted molar refractivity (Wildman–Crippen MR) is 85.6 cm³/mol. The smallest absolute Gasteiger partial charge is 0.316 e. The van der Waals surface area contributed by atoms with Crippen LogP contribution >= 0.6 is 11.8 Å². The number of carbonyl (C=O) groups is 1. The van der Waals surface area contributed by atoms with Gasteiger partial charge in [-0.2, -0.15) is 0 Å². The van der Waals surface area contributed by atoms with Gasteiger partial charge in [0.15, 0.2) is 0 Å². The van der Waals surface area contributed by atoms with Crippen molar-refractivity contribution in [1.29, 1.82) is 0 Å². The number of nitrogens with zero attached hydrogens (tertiary/aromatic N) is 1. The van der Waals surface area contributed by atoms with Gasteiger partial charge in [-0.25, -0.2) is 0 Å². The highest BCUT2D eigenvalue weighted by atomic mass is 32.2. The summed E-state index contributed by atoms with van der Waals surface area (Å²) in [6.07, 6.45) is 5.73. The molecule has 2 aliphatic heterocycles. The molecule has 0 saturated carbocycles. The minimum Gasteiger partial charge on any atom is -0.480 e. The van der Waals surface area contributed by atoms with Crippen molar-refractivity contribution >= 4 is 17.7 Å². The standard InChI is InChI=1S/C17H23NO2S/c1-18-13-7-8-14(18)10-12(9-13)11-16(17(19)20)21-15-5-3-2-4-6-15/h2-6,12-14,16H,7-11H2,1H3,(H,19,20). The fourth-order valence-electron chi connectivity index (χ4n) is 3.88. The number of carboxylic acids is 1. The van der Waals surface area contributed by atoms with Crippen LogP contribution in [0.1, 0.15) is 32.1 Å². The van der Waals surface area contributed by atoms with Gasteiger partial charge in [0.05, 0.1) is 0 Å². The van der Waals surface area contributed by atoms with E-state index in [-0.39, 0.29) is 5.25 Å². The Morgan fingerprint density at radius 3 is 2.48 bits per heavy atom. The molecule has 0 aliphatic carbocycles. The Bertz CT molecular complexity index is 479. The molecule has 2 heterocycles. The van der Waals surface area contributed by atoms with E-state index >= 15 is 0 Å². The molecule has 2 bridgehead atoms. The molecule has 3 atom stereocenters. The van der Waals surface area contributed by atoms with Crippen LogP contribution in [-0.2, 0) is 4.79 Å². The van der Waals surface area contributed by atoms with Crippen molar-refractivity contribution in [2.45, 2.75) is 54.3 Å². The Morgan fingerprint density at radius 1 is 1.29 bits per heavy atom. The van der Waals surface area contributed by atoms with Crippen LogP contribution in [-0.4, -0.2) is 40.4 Å². The minimum atomic E-state index is -0.671. The number of hydrogen-bond acceptors (Lipinski definition) is 3. The summed E-state index contributed by atoms with van der Waals surface area (Å²) in [4.78, 5) is 15.2. The Balaban J connectivity index is 1.62. The number of fused-ring (bicyclic) bond motifs is 2. The Hall–Kier alpha value is -1.00. The summed E-state index contributed by atoms with van der Waals surface area (Å²) in [6, 6.07) is 11.3. The number of hydrogen-bond donors (Lipinski definition) is 1. The highest BCUT2D eigenvalue weighted by Gasteiger charge is 2.39. The van der Waals surface area contributed by atoms with Crippen LogP contribution in [0.15, 0.2) is 35.2 Å². The average Bonchev–Trinajstić information content (AvgIpc) is 2.70. The Labute approximate surface area is 130 Å². The summed E-state index contributed by atoms with van der Waals surface area (Å²) in [5, 5.41) is 9.21. The number of aliphatic carboxylic acids is 1. The topological polar surface area (TPSA) is 40.5 Å². The molecule has 114 valence electrons. The van der Waals surface area contributed by atoms with Crippen molar-refractivity contribution in [3.63, 3.8) is 0 Å². The SMILES string of the molecule is CN1C2CCC1CC(CC(Sc1ccccc1)C(=O)O)C2. The number of carboxylic acid groups (broad SMARTS) is 1.